The first kappa shape index (κ1) is 15.7. The highest BCUT2D eigenvalue weighted by Gasteiger charge is 2.29. The number of ketones is 1. The number of carbonyl (C=O) groups excluding carboxylic acids is 1. The van der Waals surface area contributed by atoms with Crippen molar-refractivity contribution < 1.29 is 18.0 Å². The van der Waals surface area contributed by atoms with E-state index in [-0.39, 0.29) is 23.3 Å². The molecule has 1 atom stereocenters. The molecule has 3 nitrogen and oxygen atoms in total. The molecule has 4 rings (SSSR count). The van der Waals surface area contributed by atoms with E-state index >= 15 is 0 Å². The Morgan fingerprint density at radius 1 is 1.00 bits per heavy atom. The number of fused-ring (bicyclic) bond motifs is 1. The molecule has 0 radical (unpaired) electrons. The van der Waals surface area contributed by atoms with Crippen molar-refractivity contribution in [2.45, 2.75) is 19.3 Å². The second-order valence-corrected chi connectivity index (χ2v) is 6.21. The van der Waals surface area contributed by atoms with E-state index in [0.717, 1.165) is 11.5 Å². The van der Waals surface area contributed by atoms with Crippen LogP contribution in [0, 0.1) is 17.6 Å². The van der Waals surface area contributed by atoms with Crippen LogP contribution >= 0.6 is 0 Å². The predicted octanol–water partition coefficient (Wildman–Crippen LogP) is 4.61. The summed E-state index contributed by atoms with van der Waals surface area (Å²) in [5, 5.41) is 0. The first-order chi connectivity index (χ1) is 12.1. The predicted molar refractivity (Wildman–Crippen MR) is 88.1 cm³/mol. The molecule has 1 aliphatic rings. The Hall–Kier alpha value is -2.82. The maximum atomic E-state index is 13.0. The molecule has 5 heteroatoms. The lowest BCUT2D eigenvalue weighted by atomic mass is 9.84. The third-order valence-corrected chi connectivity index (χ3v) is 4.53. The smallest absolute Gasteiger partial charge is 0.226 e. The second-order valence-electron chi connectivity index (χ2n) is 6.21. The molecule has 0 spiro atoms. The van der Waals surface area contributed by atoms with Gasteiger partial charge in [0, 0.05) is 29.9 Å². The lowest BCUT2D eigenvalue weighted by molar-refractivity contribution is 0.0906. The van der Waals surface area contributed by atoms with E-state index < -0.39 is 0 Å². The van der Waals surface area contributed by atoms with Crippen LogP contribution in [0.5, 0.6) is 0 Å². The number of halogens is 2. The third-order valence-electron chi connectivity index (χ3n) is 4.53. The monoisotopic (exact) mass is 339 g/mol. The Kier molecular flexibility index (Phi) is 3.92. The maximum Gasteiger partial charge on any atom is 0.226 e. The van der Waals surface area contributed by atoms with Gasteiger partial charge in [-0.1, -0.05) is 0 Å². The summed E-state index contributed by atoms with van der Waals surface area (Å²) in [5.41, 5.74) is 1.99. The van der Waals surface area contributed by atoms with Crippen LogP contribution in [0.1, 0.15) is 28.2 Å². The lowest BCUT2D eigenvalue weighted by Gasteiger charge is -2.19. The van der Waals surface area contributed by atoms with E-state index in [9.17, 15) is 13.6 Å². The minimum Gasteiger partial charge on any atom is -0.441 e. The van der Waals surface area contributed by atoms with E-state index in [1.165, 1.54) is 36.4 Å². The number of Topliss-reactive ketones (excluding diaryl/α,β-unsaturated/α-hetero) is 1. The van der Waals surface area contributed by atoms with Gasteiger partial charge in [0.2, 0.25) is 5.89 Å². The van der Waals surface area contributed by atoms with Gasteiger partial charge >= 0.3 is 0 Å². The fraction of sp³-hybridized carbons (Fsp3) is 0.200. The molecule has 1 aromatic heterocycles. The van der Waals surface area contributed by atoms with Gasteiger partial charge in [0.1, 0.15) is 17.4 Å². The summed E-state index contributed by atoms with van der Waals surface area (Å²) >= 11 is 0. The first-order valence-corrected chi connectivity index (χ1v) is 8.14. The van der Waals surface area contributed by atoms with Crippen molar-refractivity contribution in [1.82, 2.24) is 4.98 Å². The molecule has 0 aliphatic heterocycles. The molecule has 0 amide bonds. The molecule has 126 valence electrons. The van der Waals surface area contributed by atoms with Crippen molar-refractivity contribution in [3.63, 3.8) is 0 Å². The van der Waals surface area contributed by atoms with Crippen LogP contribution in [0.2, 0.25) is 0 Å². The molecule has 25 heavy (non-hydrogen) atoms. The number of hydrogen-bond donors (Lipinski definition) is 0. The number of hydrogen-bond acceptors (Lipinski definition) is 3. The quantitative estimate of drug-likeness (QED) is 0.655. The van der Waals surface area contributed by atoms with Crippen LogP contribution in [0.3, 0.4) is 0 Å². The molecular weight excluding hydrogens is 324 g/mol. The van der Waals surface area contributed by atoms with Crippen LogP contribution in [-0.4, -0.2) is 10.8 Å². The zero-order chi connectivity index (χ0) is 17.4. The van der Waals surface area contributed by atoms with Crippen molar-refractivity contribution in [3.8, 4) is 11.5 Å². The molecule has 1 aliphatic carbocycles. The minimum atomic E-state index is -0.358. The van der Waals surface area contributed by atoms with Gasteiger partial charge in [-0.2, -0.15) is 0 Å². The van der Waals surface area contributed by atoms with Gasteiger partial charge in [-0.3, -0.25) is 4.79 Å². The number of oxazole rings is 1. The average Bonchev–Trinajstić information content (AvgIpc) is 3.05. The Morgan fingerprint density at radius 3 is 2.32 bits per heavy atom. The Labute approximate surface area is 143 Å². The molecule has 1 unspecified atom stereocenters. The number of nitrogens with zero attached hydrogens (tertiary/aromatic N) is 1. The van der Waals surface area contributed by atoms with Crippen LogP contribution in [0.4, 0.5) is 8.78 Å². The summed E-state index contributed by atoms with van der Waals surface area (Å²) in [4.78, 5) is 17.1. The number of benzene rings is 2. The maximum absolute atomic E-state index is 13.0. The van der Waals surface area contributed by atoms with Crippen LogP contribution < -0.4 is 0 Å². The van der Waals surface area contributed by atoms with Gasteiger partial charge in [-0.05, 0) is 55.0 Å². The summed E-state index contributed by atoms with van der Waals surface area (Å²) in [6, 6.07) is 11.6. The summed E-state index contributed by atoms with van der Waals surface area (Å²) in [7, 11) is 0. The van der Waals surface area contributed by atoms with E-state index in [0.29, 0.717) is 36.3 Å². The van der Waals surface area contributed by atoms with E-state index in [1.807, 2.05) is 0 Å². The molecular formula is C20H15F2NO2. The largest absolute Gasteiger partial charge is 0.441 e. The van der Waals surface area contributed by atoms with Gasteiger partial charge in [-0.15, -0.1) is 0 Å². The molecule has 0 bridgehead atoms. The van der Waals surface area contributed by atoms with Gasteiger partial charge in [0.05, 0.1) is 5.69 Å². The normalized spacial score (nSPS) is 16.5. The molecule has 3 aromatic rings. The van der Waals surface area contributed by atoms with E-state index in [1.54, 1.807) is 12.1 Å². The second kappa shape index (κ2) is 6.24. The Bertz CT molecular complexity index is 914. The topological polar surface area (TPSA) is 43.1 Å². The molecule has 2 aromatic carbocycles. The van der Waals surface area contributed by atoms with Gasteiger partial charge in [0.25, 0.3) is 0 Å². The van der Waals surface area contributed by atoms with Crippen molar-refractivity contribution in [1.29, 1.82) is 0 Å². The standard InChI is InChI=1S/C20H15F2NO2/c21-15-6-1-12(2-7-15)19(24)14-5-10-18-17(11-14)23-20(25-18)13-3-8-16(22)9-4-13/h1-4,6-9,14H,5,10-11H2. The zero-order valence-corrected chi connectivity index (χ0v) is 13.3. The number of aryl methyl sites for hydroxylation is 1. The highest BCUT2D eigenvalue weighted by Crippen LogP contribution is 2.31. The molecule has 0 fully saturated rings. The molecule has 0 saturated carbocycles. The van der Waals surface area contributed by atoms with Crippen LogP contribution in [-0.2, 0) is 12.8 Å². The van der Waals surface area contributed by atoms with E-state index in [2.05, 4.69) is 4.98 Å². The third kappa shape index (κ3) is 3.09. The number of aromatic nitrogens is 1. The SMILES string of the molecule is O=C(c1ccc(F)cc1)C1CCc2oc(-c3ccc(F)cc3)nc2C1. The zero-order valence-electron chi connectivity index (χ0n) is 13.3. The molecule has 0 saturated heterocycles. The average molecular weight is 339 g/mol. The lowest BCUT2D eigenvalue weighted by Crippen LogP contribution is -2.22. The van der Waals surface area contributed by atoms with Gasteiger partial charge in [-0.25, -0.2) is 13.8 Å². The number of carbonyl (C=O) groups is 1. The summed E-state index contributed by atoms with van der Waals surface area (Å²) in [6.07, 6.45) is 1.79. The van der Waals surface area contributed by atoms with Gasteiger partial charge < -0.3 is 4.42 Å². The van der Waals surface area contributed by atoms with Crippen LogP contribution in [0.25, 0.3) is 11.5 Å². The van der Waals surface area contributed by atoms with Crippen molar-refractivity contribution in [2.75, 3.05) is 0 Å². The fourth-order valence-corrected chi connectivity index (χ4v) is 3.17. The summed E-state index contributed by atoms with van der Waals surface area (Å²) in [6.45, 7) is 0. The highest BCUT2D eigenvalue weighted by atomic mass is 19.1. The summed E-state index contributed by atoms with van der Waals surface area (Å²) < 4.78 is 31.9. The first-order valence-electron chi connectivity index (χ1n) is 8.14. The summed E-state index contributed by atoms with van der Waals surface area (Å²) in [5.74, 6) is 0.358. The van der Waals surface area contributed by atoms with Crippen molar-refractivity contribution in [2.24, 2.45) is 5.92 Å². The van der Waals surface area contributed by atoms with E-state index in [4.69, 9.17) is 4.42 Å². The van der Waals surface area contributed by atoms with Gasteiger partial charge in [0.15, 0.2) is 5.78 Å². The van der Waals surface area contributed by atoms with Crippen molar-refractivity contribution >= 4 is 5.78 Å². The fourth-order valence-electron chi connectivity index (χ4n) is 3.17. The number of rotatable bonds is 3. The van der Waals surface area contributed by atoms with Crippen LogP contribution in [0.15, 0.2) is 52.9 Å². The highest BCUT2D eigenvalue weighted by molar-refractivity contribution is 5.98. The Balaban J connectivity index is 1.56. The Morgan fingerprint density at radius 2 is 1.64 bits per heavy atom. The molecule has 0 N–H and O–H groups in total. The minimum absolute atomic E-state index is 0.00279. The molecule has 1 heterocycles. The van der Waals surface area contributed by atoms with Crippen molar-refractivity contribution in [3.05, 3.63) is 77.2 Å².